The predicted octanol–water partition coefficient (Wildman–Crippen LogP) is 8.57. The molecule has 1 heteroatoms. The molecular formula is C31H42O. The largest absolute Gasteiger partial charge is 0.373 e. The summed E-state index contributed by atoms with van der Waals surface area (Å²) in [5, 5.41) is 0. The van der Waals surface area contributed by atoms with E-state index in [1.54, 1.807) is 6.08 Å². The Morgan fingerprint density at radius 1 is 0.781 bits per heavy atom. The molecule has 0 saturated heterocycles. The van der Waals surface area contributed by atoms with E-state index in [0.29, 0.717) is 13.2 Å². The van der Waals surface area contributed by atoms with E-state index in [1.807, 2.05) is 0 Å². The molecular weight excluding hydrogens is 388 g/mol. The number of benzene rings is 2. The second-order valence-corrected chi connectivity index (χ2v) is 9.53. The summed E-state index contributed by atoms with van der Waals surface area (Å²) in [6, 6.07) is 18.1. The maximum atomic E-state index is 5.52. The lowest BCUT2D eigenvalue weighted by Crippen LogP contribution is -2.15. The topological polar surface area (TPSA) is 9.23 Å². The summed E-state index contributed by atoms with van der Waals surface area (Å²) in [6.07, 6.45) is 19.8. The van der Waals surface area contributed by atoms with Crippen molar-refractivity contribution in [2.24, 2.45) is 11.8 Å². The van der Waals surface area contributed by atoms with E-state index >= 15 is 0 Å². The van der Waals surface area contributed by atoms with Gasteiger partial charge in [-0.2, -0.15) is 0 Å². The van der Waals surface area contributed by atoms with Crippen molar-refractivity contribution in [1.82, 2.24) is 0 Å². The van der Waals surface area contributed by atoms with Crippen LogP contribution in [0.25, 0.3) is 6.08 Å². The molecule has 0 aliphatic heterocycles. The number of aryl methyl sites for hydroxylation is 2. The zero-order valence-electron chi connectivity index (χ0n) is 20.1. The minimum Gasteiger partial charge on any atom is -0.373 e. The molecule has 0 heterocycles. The summed E-state index contributed by atoms with van der Waals surface area (Å²) in [5.74, 6) is 1.90. The molecule has 0 spiro atoms. The van der Waals surface area contributed by atoms with E-state index in [1.165, 1.54) is 86.5 Å². The Hall–Kier alpha value is -2.12. The molecule has 1 nitrogen and oxygen atoms in total. The molecule has 3 rings (SSSR count). The van der Waals surface area contributed by atoms with Gasteiger partial charge in [-0.05, 0) is 66.7 Å². The van der Waals surface area contributed by atoms with Crippen LogP contribution in [0.1, 0.15) is 80.5 Å². The van der Waals surface area contributed by atoms with Crippen molar-refractivity contribution in [2.75, 3.05) is 6.61 Å². The van der Waals surface area contributed by atoms with Crippen LogP contribution >= 0.6 is 0 Å². The molecule has 0 N–H and O–H groups in total. The van der Waals surface area contributed by atoms with Crippen molar-refractivity contribution >= 4 is 6.08 Å². The molecule has 0 amide bonds. The lowest BCUT2D eigenvalue weighted by molar-refractivity contribution is 0.149. The average molecular weight is 431 g/mol. The van der Waals surface area contributed by atoms with Gasteiger partial charge in [0.05, 0.1) is 13.2 Å². The first-order valence-corrected chi connectivity index (χ1v) is 12.7. The highest BCUT2D eigenvalue weighted by molar-refractivity contribution is 5.49. The molecule has 172 valence electrons. The highest BCUT2D eigenvalue weighted by atomic mass is 16.5. The highest BCUT2D eigenvalue weighted by Gasteiger charge is 2.20. The van der Waals surface area contributed by atoms with Crippen LogP contribution in [0.15, 0.2) is 67.3 Å². The summed E-state index contributed by atoms with van der Waals surface area (Å²) in [5.41, 5.74) is 5.51. The van der Waals surface area contributed by atoms with Crippen molar-refractivity contribution in [2.45, 2.75) is 77.7 Å². The van der Waals surface area contributed by atoms with E-state index in [0.717, 1.165) is 11.8 Å². The fourth-order valence-corrected chi connectivity index (χ4v) is 4.99. The normalized spacial score (nSPS) is 18.8. The van der Waals surface area contributed by atoms with Gasteiger partial charge in [-0.3, -0.25) is 0 Å². The minimum atomic E-state index is 0.620. The van der Waals surface area contributed by atoms with E-state index in [9.17, 15) is 0 Å². The van der Waals surface area contributed by atoms with Crippen LogP contribution in [0.4, 0.5) is 0 Å². The second-order valence-electron chi connectivity index (χ2n) is 9.53. The Morgan fingerprint density at radius 2 is 1.38 bits per heavy atom. The van der Waals surface area contributed by atoms with Crippen LogP contribution < -0.4 is 0 Å². The lowest BCUT2D eigenvalue weighted by Gasteiger charge is -2.28. The van der Waals surface area contributed by atoms with Crippen molar-refractivity contribution < 1.29 is 4.74 Å². The molecule has 32 heavy (non-hydrogen) atoms. The molecule has 0 aromatic heterocycles. The van der Waals surface area contributed by atoms with E-state index in [-0.39, 0.29) is 0 Å². The molecule has 0 radical (unpaired) electrons. The summed E-state index contributed by atoms with van der Waals surface area (Å²) < 4.78 is 5.52. The SMILES string of the molecule is C=CCOCc1ccc(CC[C@H]2CC[C@H](CCCCc3ccc(/C=C\C)cc3)CC2)cc1. The first-order valence-electron chi connectivity index (χ1n) is 12.7. The molecule has 2 aromatic rings. The number of unbranched alkanes of at least 4 members (excludes halogenated alkanes) is 1. The van der Waals surface area contributed by atoms with Crippen molar-refractivity contribution in [1.29, 1.82) is 0 Å². The fourth-order valence-electron chi connectivity index (χ4n) is 4.99. The Kier molecular flexibility index (Phi) is 10.8. The summed E-state index contributed by atoms with van der Waals surface area (Å²) in [4.78, 5) is 0. The zero-order valence-corrected chi connectivity index (χ0v) is 20.1. The van der Waals surface area contributed by atoms with Gasteiger partial charge in [-0.15, -0.1) is 6.58 Å². The molecule has 1 fully saturated rings. The number of ether oxygens (including phenoxy) is 1. The molecule has 0 bridgehead atoms. The van der Waals surface area contributed by atoms with Crippen molar-refractivity contribution in [3.05, 3.63) is 89.5 Å². The maximum Gasteiger partial charge on any atom is 0.0721 e. The minimum absolute atomic E-state index is 0.620. The second kappa shape index (κ2) is 14.1. The monoisotopic (exact) mass is 430 g/mol. The van der Waals surface area contributed by atoms with Gasteiger partial charge in [0.2, 0.25) is 0 Å². The summed E-state index contributed by atoms with van der Waals surface area (Å²) in [6.45, 7) is 7.06. The first kappa shape index (κ1) is 24.5. The first-order chi connectivity index (χ1) is 15.8. The van der Waals surface area contributed by atoms with Crippen molar-refractivity contribution in [3.63, 3.8) is 0 Å². The Balaban J connectivity index is 1.26. The van der Waals surface area contributed by atoms with Crippen molar-refractivity contribution in [3.8, 4) is 0 Å². The third kappa shape index (κ3) is 8.79. The molecule has 0 atom stereocenters. The smallest absolute Gasteiger partial charge is 0.0721 e. The van der Waals surface area contributed by atoms with E-state index < -0.39 is 0 Å². The Morgan fingerprint density at radius 3 is 2.03 bits per heavy atom. The number of rotatable bonds is 13. The van der Waals surface area contributed by atoms with Crippen LogP contribution in [0.3, 0.4) is 0 Å². The molecule has 0 unspecified atom stereocenters. The van der Waals surface area contributed by atoms with Gasteiger partial charge in [0.1, 0.15) is 0 Å². The van der Waals surface area contributed by atoms with Crippen LogP contribution in [-0.2, 0) is 24.2 Å². The van der Waals surface area contributed by atoms with Gasteiger partial charge in [0.15, 0.2) is 0 Å². The standard InChI is InChI=1S/C31H42O/c1-3-7-26-10-12-27(13-11-26)8-5-6-9-28-14-16-29(17-15-28)18-19-30-20-22-31(23-21-30)25-32-24-4-2/h3-4,7,10-13,20-23,28-29H,2,5-6,8-9,14-19,24-25H2,1H3/b7-3-/t28-,29-. The van der Waals surface area contributed by atoms with Crippen LogP contribution in [0.2, 0.25) is 0 Å². The zero-order chi connectivity index (χ0) is 22.4. The number of hydrogen-bond donors (Lipinski definition) is 0. The predicted molar refractivity (Wildman–Crippen MR) is 139 cm³/mol. The quantitative estimate of drug-likeness (QED) is 0.228. The third-order valence-corrected chi connectivity index (χ3v) is 7.00. The maximum absolute atomic E-state index is 5.52. The van der Waals surface area contributed by atoms with Gasteiger partial charge >= 0.3 is 0 Å². The van der Waals surface area contributed by atoms with Crippen LogP contribution in [0, 0.1) is 11.8 Å². The van der Waals surface area contributed by atoms with Gasteiger partial charge in [0.25, 0.3) is 0 Å². The van der Waals surface area contributed by atoms with Gasteiger partial charge in [-0.1, -0.05) is 105 Å². The summed E-state index contributed by atoms with van der Waals surface area (Å²) in [7, 11) is 0. The van der Waals surface area contributed by atoms with Gasteiger partial charge < -0.3 is 4.74 Å². The molecule has 1 saturated carbocycles. The molecule has 1 aliphatic rings. The van der Waals surface area contributed by atoms with E-state index in [4.69, 9.17) is 4.74 Å². The van der Waals surface area contributed by atoms with Gasteiger partial charge in [-0.25, -0.2) is 0 Å². The van der Waals surface area contributed by atoms with Crippen LogP contribution in [0.5, 0.6) is 0 Å². The molecule has 2 aromatic carbocycles. The van der Waals surface area contributed by atoms with E-state index in [2.05, 4.69) is 74.2 Å². The lowest BCUT2D eigenvalue weighted by atomic mass is 9.77. The molecule has 1 aliphatic carbocycles. The number of hydrogen-bond acceptors (Lipinski definition) is 1. The van der Waals surface area contributed by atoms with Gasteiger partial charge in [0, 0.05) is 0 Å². The average Bonchev–Trinajstić information content (AvgIpc) is 2.83. The van der Waals surface area contributed by atoms with Crippen LogP contribution in [-0.4, -0.2) is 6.61 Å². The third-order valence-electron chi connectivity index (χ3n) is 7.00. The number of allylic oxidation sites excluding steroid dienone is 1. The summed E-state index contributed by atoms with van der Waals surface area (Å²) >= 11 is 0. The Bertz CT molecular complexity index is 791. The Labute approximate surface area is 196 Å². The fraction of sp³-hybridized carbons (Fsp3) is 0.484. The highest BCUT2D eigenvalue weighted by Crippen LogP contribution is 2.34.